The molecule has 0 aromatic heterocycles. The van der Waals surface area contributed by atoms with Crippen molar-refractivity contribution in [3.05, 3.63) is 184 Å². The number of nitro benzene ring substituents is 1. The summed E-state index contributed by atoms with van der Waals surface area (Å²) in [6.45, 7) is 1.07. The van der Waals surface area contributed by atoms with E-state index in [2.05, 4.69) is 0 Å². The molecule has 5 atom stereocenters. The summed E-state index contributed by atoms with van der Waals surface area (Å²) in [4.78, 5) is 24.3. The average Bonchev–Trinajstić information content (AvgIpc) is 3.18. The molecule has 0 amide bonds. The Morgan fingerprint density at radius 3 is 1.47 bits per heavy atom. The first-order valence-electron chi connectivity index (χ1n) is 16.7. The molecular weight excluding hydrogens is 650 g/mol. The summed E-state index contributed by atoms with van der Waals surface area (Å²) in [7, 11) is 0. The van der Waals surface area contributed by atoms with E-state index in [1.807, 2.05) is 121 Å². The van der Waals surface area contributed by atoms with Gasteiger partial charge in [0.2, 0.25) is 6.29 Å². The lowest BCUT2D eigenvalue weighted by molar-refractivity contribution is -0.384. The number of non-ortho nitro benzene ring substituents is 1. The third kappa shape index (κ3) is 10.2. The van der Waals surface area contributed by atoms with Crippen LogP contribution in [0.3, 0.4) is 0 Å². The zero-order chi connectivity index (χ0) is 35.3. The van der Waals surface area contributed by atoms with Crippen molar-refractivity contribution in [1.82, 2.24) is 0 Å². The first-order valence-corrected chi connectivity index (χ1v) is 16.7. The summed E-state index contributed by atoms with van der Waals surface area (Å²) in [6, 6.07) is 44.1. The van der Waals surface area contributed by atoms with Gasteiger partial charge in [-0.15, -0.1) is 0 Å². The lowest BCUT2D eigenvalue weighted by Crippen LogP contribution is -2.62. The minimum atomic E-state index is -1.25. The van der Waals surface area contributed by atoms with Crippen molar-refractivity contribution in [2.24, 2.45) is 0 Å². The molecule has 10 nitrogen and oxygen atoms in total. The van der Waals surface area contributed by atoms with Gasteiger partial charge in [0.15, 0.2) is 0 Å². The fraction of sp³-hybridized carbons (Fsp3) is 0.244. The van der Waals surface area contributed by atoms with Crippen LogP contribution in [0.25, 0.3) is 0 Å². The van der Waals surface area contributed by atoms with Crippen molar-refractivity contribution in [2.45, 2.75) is 57.1 Å². The molecule has 5 aromatic carbocycles. The van der Waals surface area contributed by atoms with Gasteiger partial charge >= 0.3 is 5.97 Å². The first-order chi connectivity index (χ1) is 25.0. The molecule has 0 spiro atoms. The Bertz CT molecular complexity index is 1790. The Morgan fingerprint density at radius 1 is 0.569 bits per heavy atom. The molecule has 0 radical (unpaired) electrons. The number of esters is 1. The summed E-state index contributed by atoms with van der Waals surface area (Å²) in [6.07, 6.45) is -4.43. The molecule has 0 bridgehead atoms. The van der Waals surface area contributed by atoms with Crippen LogP contribution >= 0.6 is 0 Å². The number of hydrogen-bond donors (Lipinski definition) is 0. The van der Waals surface area contributed by atoms with E-state index in [4.69, 9.17) is 28.4 Å². The van der Waals surface area contributed by atoms with E-state index < -0.39 is 41.6 Å². The summed E-state index contributed by atoms with van der Waals surface area (Å²) < 4.78 is 38.6. The molecule has 0 aliphatic carbocycles. The molecule has 1 aliphatic rings. The summed E-state index contributed by atoms with van der Waals surface area (Å²) in [5.41, 5.74) is 3.74. The molecule has 5 aromatic rings. The number of nitrogens with zero attached hydrogens (tertiary/aromatic N) is 1. The molecule has 1 aliphatic heterocycles. The Balaban J connectivity index is 1.32. The van der Waals surface area contributed by atoms with E-state index in [1.54, 1.807) is 0 Å². The number of hydrogen-bond acceptors (Lipinski definition) is 9. The zero-order valence-corrected chi connectivity index (χ0v) is 27.9. The second-order valence-electron chi connectivity index (χ2n) is 12.0. The van der Waals surface area contributed by atoms with Crippen molar-refractivity contribution in [2.75, 3.05) is 6.61 Å². The highest BCUT2D eigenvalue weighted by Gasteiger charge is 2.50. The molecule has 1 saturated heterocycles. The van der Waals surface area contributed by atoms with E-state index in [0.29, 0.717) is 6.61 Å². The van der Waals surface area contributed by atoms with Crippen LogP contribution in [0.15, 0.2) is 146 Å². The molecule has 0 unspecified atom stereocenters. The van der Waals surface area contributed by atoms with Gasteiger partial charge in [-0.2, -0.15) is 0 Å². The summed E-state index contributed by atoms with van der Waals surface area (Å²) in [5.74, 6) is -0.738. The van der Waals surface area contributed by atoms with Gasteiger partial charge in [0.1, 0.15) is 24.4 Å². The summed E-state index contributed by atoms with van der Waals surface area (Å²) in [5, 5.41) is 11.2. The van der Waals surface area contributed by atoms with E-state index in [0.717, 1.165) is 22.3 Å². The van der Waals surface area contributed by atoms with Crippen molar-refractivity contribution < 1.29 is 38.1 Å². The molecule has 51 heavy (non-hydrogen) atoms. The van der Waals surface area contributed by atoms with Crippen molar-refractivity contribution in [3.8, 4) is 0 Å². The Labute approximate surface area is 296 Å². The largest absolute Gasteiger partial charge is 0.429 e. The number of benzene rings is 5. The van der Waals surface area contributed by atoms with Gasteiger partial charge in [-0.1, -0.05) is 121 Å². The number of carbonyl (C=O) groups excluding carboxylic acids is 1. The van der Waals surface area contributed by atoms with Gasteiger partial charge in [0, 0.05) is 12.1 Å². The number of rotatable bonds is 16. The maximum Gasteiger partial charge on any atom is 0.340 e. The smallest absolute Gasteiger partial charge is 0.340 e. The average molecular weight is 690 g/mol. The lowest BCUT2D eigenvalue weighted by atomic mass is 9.97. The Hall–Kier alpha value is -5.23. The van der Waals surface area contributed by atoms with E-state index >= 15 is 0 Å². The monoisotopic (exact) mass is 689 g/mol. The minimum Gasteiger partial charge on any atom is -0.429 e. The van der Waals surface area contributed by atoms with Crippen LogP contribution in [-0.4, -0.2) is 48.2 Å². The molecular formula is C41H39NO9. The van der Waals surface area contributed by atoms with Crippen LogP contribution < -0.4 is 0 Å². The van der Waals surface area contributed by atoms with Gasteiger partial charge in [-0.05, 0) is 34.4 Å². The van der Waals surface area contributed by atoms with Crippen LogP contribution in [0.1, 0.15) is 32.6 Å². The van der Waals surface area contributed by atoms with Gasteiger partial charge < -0.3 is 28.4 Å². The van der Waals surface area contributed by atoms with E-state index in [-0.39, 0.29) is 37.7 Å². The first kappa shape index (κ1) is 35.6. The van der Waals surface area contributed by atoms with Crippen LogP contribution in [0.5, 0.6) is 0 Å². The predicted octanol–water partition coefficient (Wildman–Crippen LogP) is 7.45. The van der Waals surface area contributed by atoms with Gasteiger partial charge in [-0.25, -0.2) is 4.79 Å². The standard InChI is InChI=1S/C41H39NO9/c43-40(34-21-23-35(24-22-34)42(44)45)51-41-39(49-28-33-19-11-4-12-20-33)38(48-27-32-17-9-3-10-18-32)37(47-26-31-15-7-2-8-16-31)36(50-41)29-46-25-30-13-5-1-6-14-30/h1-24,36-39,41H,25-29H2/t36-,37+,38+,39+,41+/m1/s1. The molecule has 6 rings (SSSR count). The molecule has 10 heteroatoms. The number of nitro groups is 1. The van der Waals surface area contributed by atoms with Crippen molar-refractivity contribution in [1.29, 1.82) is 0 Å². The van der Waals surface area contributed by atoms with Crippen molar-refractivity contribution >= 4 is 11.7 Å². The fourth-order valence-corrected chi connectivity index (χ4v) is 5.73. The van der Waals surface area contributed by atoms with E-state index in [1.165, 1.54) is 24.3 Å². The SMILES string of the molecule is O=C(O[C@@H]1O[C@H](COCc2ccccc2)[C@H](OCc2ccccc2)[C@H](OCc2ccccc2)[C@@H]1OCc1ccccc1)c1ccc([N+](=O)[O-])cc1. The zero-order valence-electron chi connectivity index (χ0n) is 27.9. The number of ether oxygens (including phenoxy) is 6. The summed E-state index contributed by atoms with van der Waals surface area (Å²) >= 11 is 0. The topological polar surface area (TPSA) is 116 Å². The molecule has 0 N–H and O–H groups in total. The highest BCUT2D eigenvalue weighted by atomic mass is 16.7. The molecule has 1 heterocycles. The third-order valence-corrected chi connectivity index (χ3v) is 8.38. The fourth-order valence-electron chi connectivity index (χ4n) is 5.73. The van der Waals surface area contributed by atoms with E-state index in [9.17, 15) is 14.9 Å². The van der Waals surface area contributed by atoms with Gasteiger partial charge in [-0.3, -0.25) is 10.1 Å². The maximum atomic E-state index is 13.6. The Kier molecular flexibility index (Phi) is 12.7. The number of carbonyl (C=O) groups is 1. The van der Waals surface area contributed by atoms with Crippen LogP contribution in [-0.2, 0) is 54.8 Å². The van der Waals surface area contributed by atoms with Crippen molar-refractivity contribution in [3.63, 3.8) is 0 Å². The predicted molar refractivity (Wildman–Crippen MR) is 188 cm³/mol. The molecule has 1 fully saturated rings. The second kappa shape index (κ2) is 18.1. The Morgan fingerprint density at radius 2 is 1.00 bits per heavy atom. The van der Waals surface area contributed by atoms with Crippen LogP contribution in [0.2, 0.25) is 0 Å². The van der Waals surface area contributed by atoms with Gasteiger partial charge in [0.25, 0.3) is 5.69 Å². The molecule has 0 saturated carbocycles. The maximum absolute atomic E-state index is 13.6. The lowest BCUT2D eigenvalue weighted by Gasteiger charge is -2.45. The quantitative estimate of drug-likeness (QED) is 0.0592. The minimum absolute atomic E-state index is 0.0938. The highest BCUT2D eigenvalue weighted by molar-refractivity contribution is 5.89. The van der Waals surface area contributed by atoms with Crippen LogP contribution in [0, 0.1) is 10.1 Å². The highest BCUT2D eigenvalue weighted by Crippen LogP contribution is 2.32. The normalized spacial score (nSPS) is 20.0. The second-order valence-corrected chi connectivity index (χ2v) is 12.0. The molecule has 262 valence electrons. The third-order valence-electron chi connectivity index (χ3n) is 8.38. The van der Waals surface area contributed by atoms with Crippen LogP contribution in [0.4, 0.5) is 5.69 Å². The van der Waals surface area contributed by atoms with Gasteiger partial charge in [0.05, 0.1) is 43.5 Å².